The third-order valence-corrected chi connectivity index (χ3v) is 13.5. The first kappa shape index (κ1) is 48.4. The molecule has 3 aliphatic rings. The van der Waals surface area contributed by atoms with Crippen LogP contribution < -0.4 is 10.1 Å². The van der Waals surface area contributed by atoms with Crippen LogP contribution >= 0.6 is 11.6 Å². The van der Waals surface area contributed by atoms with E-state index in [-0.39, 0.29) is 53.6 Å². The van der Waals surface area contributed by atoms with Crippen molar-refractivity contribution in [2.24, 2.45) is 5.41 Å². The number of aliphatic hydroxyl groups is 2. The summed E-state index contributed by atoms with van der Waals surface area (Å²) < 4.78 is 90.2. The highest BCUT2D eigenvalue weighted by molar-refractivity contribution is 6.33. The largest absolute Gasteiger partial charge is 0.573 e. The number of hydrogen-bond acceptors (Lipinski definition) is 6. The molecule has 3 N–H and O–H groups in total. The summed E-state index contributed by atoms with van der Waals surface area (Å²) >= 11 is 6.34. The van der Waals surface area contributed by atoms with Gasteiger partial charge in [0, 0.05) is 23.1 Å². The molecular formula is C51H51ClF6N2O6. The Balaban J connectivity index is 1.27. The molecule has 0 radical (unpaired) electrons. The van der Waals surface area contributed by atoms with E-state index in [0.717, 1.165) is 41.5 Å². The van der Waals surface area contributed by atoms with Gasteiger partial charge in [-0.1, -0.05) is 84.8 Å². The van der Waals surface area contributed by atoms with Gasteiger partial charge in [-0.15, -0.1) is 13.2 Å². The molecule has 1 aromatic heterocycles. The number of fused-ring (bicyclic) bond motifs is 8. The first-order valence-electron chi connectivity index (χ1n) is 21.8. The summed E-state index contributed by atoms with van der Waals surface area (Å²) in [5, 5.41) is 27.3. The van der Waals surface area contributed by atoms with Gasteiger partial charge in [0.2, 0.25) is 5.78 Å². The molecule has 4 aromatic carbocycles. The third-order valence-electron chi connectivity index (χ3n) is 13.2. The number of furan rings is 1. The minimum atomic E-state index is -4.90. The van der Waals surface area contributed by atoms with Crippen LogP contribution in [0.1, 0.15) is 115 Å². The minimum Gasteiger partial charge on any atom is -0.453 e. The Morgan fingerprint density at radius 2 is 1.67 bits per heavy atom. The number of carbonyl (C=O) groups excluding carboxylic acids is 2. The molecule has 1 fully saturated rings. The Labute approximate surface area is 384 Å². The van der Waals surface area contributed by atoms with Gasteiger partial charge < -0.3 is 29.6 Å². The molecule has 0 aliphatic heterocycles. The second-order valence-corrected chi connectivity index (χ2v) is 18.2. The molecule has 0 spiro atoms. The van der Waals surface area contributed by atoms with Crippen LogP contribution in [0.5, 0.6) is 5.75 Å². The van der Waals surface area contributed by atoms with Gasteiger partial charge >= 0.3 is 18.6 Å². The fourth-order valence-electron chi connectivity index (χ4n) is 9.46. The molecule has 5 aromatic rings. The molecule has 2 bridgehead atoms. The second-order valence-electron chi connectivity index (χ2n) is 17.8. The second kappa shape index (κ2) is 19.3. The SMILES string of the molecule is CC1=CCCC2(C)C(CCC2(O)CN(Cc2ccc(OC(F)(F)F)cc2)C(=O)NC(C)c2ccccc2)c2ccc(cc2C(=O)c2ccc(-c3cc(C(F)(F)F)ccc3Cl)o2)CC(O)CC1. The van der Waals surface area contributed by atoms with Gasteiger partial charge in [-0.3, -0.25) is 4.79 Å². The van der Waals surface area contributed by atoms with E-state index >= 15 is 0 Å². The van der Waals surface area contributed by atoms with Crippen LogP contribution in [0, 0.1) is 5.41 Å². The lowest BCUT2D eigenvalue weighted by Gasteiger charge is -2.46. The maximum absolute atomic E-state index is 14.7. The van der Waals surface area contributed by atoms with Crippen molar-refractivity contribution in [2.45, 2.75) is 108 Å². The molecule has 15 heteroatoms. The number of nitrogens with one attached hydrogen (secondary N) is 1. The molecule has 8 rings (SSSR count). The summed E-state index contributed by atoms with van der Waals surface area (Å²) in [7, 11) is 0. The summed E-state index contributed by atoms with van der Waals surface area (Å²) in [5.74, 6) is -1.69. The van der Waals surface area contributed by atoms with Gasteiger partial charge in [0.05, 0.1) is 34.9 Å². The lowest BCUT2D eigenvalue weighted by atomic mass is 9.64. The van der Waals surface area contributed by atoms with Crippen molar-refractivity contribution in [3.05, 3.63) is 159 Å². The molecule has 1 heterocycles. The summed E-state index contributed by atoms with van der Waals surface area (Å²) in [4.78, 5) is 30.6. The van der Waals surface area contributed by atoms with E-state index in [1.54, 1.807) is 6.07 Å². The number of rotatable bonds is 10. The van der Waals surface area contributed by atoms with E-state index in [0.29, 0.717) is 48.8 Å². The van der Waals surface area contributed by atoms with E-state index < -0.39 is 64.7 Å². The van der Waals surface area contributed by atoms with Crippen molar-refractivity contribution in [3.63, 3.8) is 0 Å². The zero-order valence-electron chi connectivity index (χ0n) is 36.6. The zero-order valence-corrected chi connectivity index (χ0v) is 37.4. The summed E-state index contributed by atoms with van der Waals surface area (Å²) in [6.07, 6.45) is -5.43. The molecule has 0 saturated heterocycles. The number of aliphatic hydroxyl groups excluding tert-OH is 1. The van der Waals surface area contributed by atoms with E-state index in [9.17, 15) is 46.1 Å². The fraction of sp³-hybridized carbons (Fsp3) is 0.373. The van der Waals surface area contributed by atoms with Crippen LogP contribution in [-0.2, 0) is 19.1 Å². The fourth-order valence-corrected chi connectivity index (χ4v) is 9.67. The van der Waals surface area contributed by atoms with Crippen LogP contribution in [0.2, 0.25) is 5.02 Å². The van der Waals surface area contributed by atoms with Crippen LogP contribution in [0.4, 0.5) is 31.1 Å². The molecule has 5 unspecified atom stereocenters. The average Bonchev–Trinajstić information content (AvgIpc) is 3.85. The van der Waals surface area contributed by atoms with Gasteiger partial charge in [-0.2, -0.15) is 13.2 Å². The van der Waals surface area contributed by atoms with Crippen LogP contribution in [0.3, 0.4) is 0 Å². The highest BCUT2D eigenvalue weighted by atomic mass is 35.5. The molecule has 66 heavy (non-hydrogen) atoms. The smallest absolute Gasteiger partial charge is 0.453 e. The van der Waals surface area contributed by atoms with Crippen molar-refractivity contribution >= 4 is 23.4 Å². The monoisotopic (exact) mass is 936 g/mol. The van der Waals surface area contributed by atoms with E-state index in [1.807, 2.05) is 63.2 Å². The predicted molar refractivity (Wildman–Crippen MR) is 238 cm³/mol. The minimum absolute atomic E-state index is 0.00973. The Bertz CT molecular complexity index is 2560. The number of ketones is 1. The topological polar surface area (TPSA) is 112 Å². The Morgan fingerprint density at radius 1 is 0.939 bits per heavy atom. The number of hydrogen-bond donors (Lipinski definition) is 3. The number of allylic oxidation sites excluding steroid dienone is 2. The average molecular weight is 937 g/mol. The van der Waals surface area contributed by atoms with E-state index in [1.165, 1.54) is 29.2 Å². The van der Waals surface area contributed by atoms with Gasteiger partial charge in [0.25, 0.3) is 0 Å². The number of amides is 2. The zero-order chi connectivity index (χ0) is 47.6. The number of benzene rings is 4. The maximum atomic E-state index is 14.7. The van der Waals surface area contributed by atoms with Crippen molar-refractivity contribution in [1.29, 1.82) is 0 Å². The number of urea groups is 1. The van der Waals surface area contributed by atoms with Crippen molar-refractivity contribution in [1.82, 2.24) is 10.2 Å². The Kier molecular flexibility index (Phi) is 14.2. The number of carbonyl (C=O) groups is 2. The van der Waals surface area contributed by atoms with Crippen molar-refractivity contribution in [3.8, 4) is 17.1 Å². The molecule has 8 nitrogen and oxygen atoms in total. The first-order valence-corrected chi connectivity index (χ1v) is 22.2. The maximum Gasteiger partial charge on any atom is 0.573 e. The quantitative estimate of drug-likeness (QED) is 0.0730. The molecule has 5 atom stereocenters. The lowest BCUT2D eigenvalue weighted by molar-refractivity contribution is -0.274. The number of halogens is 7. The number of nitrogens with zero attached hydrogens (tertiary/aromatic N) is 1. The number of ether oxygens (including phenoxy) is 1. The molecule has 3 aliphatic carbocycles. The van der Waals surface area contributed by atoms with Gasteiger partial charge in [-0.25, -0.2) is 4.79 Å². The molecule has 2 amide bonds. The highest BCUT2D eigenvalue weighted by Crippen LogP contribution is 2.59. The summed E-state index contributed by atoms with van der Waals surface area (Å²) in [6, 6.07) is 24.4. The van der Waals surface area contributed by atoms with Gasteiger partial charge in [-0.05, 0) is 135 Å². The van der Waals surface area contributed by atoms with Crippen molar-refractivity contribution in [2.75, 3.05) is 6.54 Å². The normalized spacial score (nSPS) is 21.9. The highest BCUT2D eigenvalue weighted by Gasteiger charge is 2.58. The van der Waals surface area contributed by atoms with Crippen LogP contribution in [-0.4, -0.2) is 51.5 Å². The Hall–Kier alpha value is -5.57. The number of alkyl halides is 6. The molecule has 350 valence electrons. The summed E-state index contributed by atoms with van der Waals surface area (Å²) in [5.41, 5.74) is 0.245. The first-order chi connectivity index (χ1) is 31.1. The van der Waals surface area contributed by atoms with Crippen molar-refractivity contribution < 1.29 is 55.3 Å². The molecule has 1 saturated carbocycles. The van der Waals surface area contributed by atoms with E-state index in [2.05, 4.69) is 16.1 Å². The van der Waals surface area contributed by atoms with Gasteiger partial charge in [0.15, 0.2) is 5.76 Å². The summed E-state index contributed by atoms with van der Waals surface area (Å²) in [6.45, 7) is 5.47. The van der Waals surface area contributed by atoms with E-state index in [4.69, 9.17) is 16.0 Å². The van der Waals surface area contributed by atoms with Crippen LogP contribution in [0.15, 0.2) is 119 Å². The predicted octanol–water partition coefficient (Wildman–Crippen LogP) is 12.8. The van der Waals surface area contributed by atoms with Crippen LogP contribution in [0.25, 0.3) is 11.3 Å². The molecular weight excluding hydrogens is 886 g/mol. The standard InChI is InChI=1S/C51H51ClF6N2O6/c1-31-8-7-24-48(3)42(23-25-49(48,64)30-60(47(63)59-32(2)35-9-5-4-6-10-35)29-33-12-17-38(18-13-33)66-51(56,57)58)39-19-14-34(26-37(61)16-11-31)27-40(39)46(62)45-22-21-44(65-45)41-28-36(50(53,54)55)15-20-43(41)52/h4-6,8-10,12-15,17-22,27-28,32,37,42,61,64H,7,11,16,23-26,29-30H2,1-3H3,(H,59,63). The third kappa shape index (κ3) is 11.0. The van der Waals surface area contributed by atoms with Gasteiger partial charge in [0.1, 0.15) is 11.5 Å². The lowest BCUT2D eigenvalue weighted by Crippen LogP contribution is -2.55. The Morgan fingerprint density at radius 3 is 2.36 bits per heavy atom.